The quantitative estimate of drug-likeness (QED) is 0.152. The van der Waals surface area contributed by atoms with Crippen LogP contribution < -0.4 is 15.8 Å². The second-order valence-electron chi connectivity index (χ2n) is 15.5. The van der Waals surface area contributed by atoms with Gasteiger partial charge in [-0.2, -0.15) is 0 Å². The second kappa shape index (κ2) is 15.5. The molecule has 0 saturated heterocycles. The molecule has 0 amide bonds. The van der Waals surface area contributed by atoms with Crippen LogP contribution in [-0.2, 0) is 12.8 Å². The fourth-order valence-corrected chi connectivity index (χ4v) is 9.52. The van der Waals surface area contributed by atoms with E-state index in [0.717, 1.165) is 60.9 Å². The van der Waals surface area contributed by atoms with Crippen LogP contribution in [0.25, 0.3) is 0 Å². The van der Waals surface area contributed by atoms with Crippen LogP contribution in [0.15, 0.2) is 65.7 Å². The lowest BCUT2D eigenvalue weighted by molar-refractivity contribution is -0.108. The summed E-state index contributed by atoms with van der Waals surface area (Å²) in [7, 11) is 0. The van der Waals surface area contributed by atoms with Crippen LogP contribution in [0.3, 0.4) is 0 Å². The highest BCUT2D eigenvalue weighted by atomic mass is 16.5. The number of rotatable bonds is 7. The van der Waals surface area contributed by atoms with Crippen LogP contribution in [-0.4, -0.2) is 67.6 Å². The molecule has 0 bridgehead atoms. The number of aromatic nitrogens is 1. The summed E-state index contributed by atoms with van der Waals surface area (Å²) in [5, 5.41) is 60.2. The number of dihydropyridines is 1. The number of phenols is 1. The molecular formula is C42H55N3O6. The second-order valence-corrected chi connectivity index (χ2v) is 15.5. The highest BCUT2D eigenvalue weighted by molar-refractivity contribution is 5.52. The fourth-order valence-electron chi connectivity index (χ4n) is 9.52. The van der Waals surface area contributed by atoms with Crippen LogP contribution in [0, 0.1) is 41.4 Å². The maximum absolute atomic E-state index is 11.8. The number of aliphatic hydroxyl groups is 4. The lowest BCUT2D eigenvalue weighted by Crippen LogP contribution is -2.52. The van der Waals surface area contributed by atoms with E-state index in [4.69, 9.17) is 10.5 Å². The third kappa shape index (κ3) is 7.61. The monoisotopic (exact) mass is 697 g/mol. The molecule has 2 aromatic rings. The van der Waals surface area contributed by atoms with Crippen molar-refractivity contribution < 1.29 is 30.3 Å². The summed E-state index contributed by atoms with van der Waals surface area (Å²) in [4.78, 5) is 3.32. The number of aromatic hydroxyl groups is 1. The van der Waals surface area contributed by atoms with Gasteiger partial charge in [0.15, 0.2) is 11.5 Å². The van der Waals surface area contributed by atoms with E-state index in [9.17, 15) is 25.5 Å². The molecule has 51 heavy (non-hydrogen) atoms. The normalized spacial score (nSPS) is 34.3. The molecule has 7 rings (SSSR count). The van der Waals surface area contributed by atoms with Gasteiger partial charge >= 0.3 is 0 Å². The van der Waals surface area contributed by atoms with Gasteiger partial charge in [0, 0.05) is 48.0 Å². The molecule has 0 spiro atoms. The number of aliphatic hydroxyl groups excluding tert-OH is 4. The molecule has 1 fully saturated rings. The van der Waals surface area contributed by atoms with Crippen molar-refractivity contribution in [1.29, 1.82) is 0 Å². The third-order valence-corrected chi connectivity index (χ3v) is 12.4. The lowest BCUT2D eigenvalue weighted by Gasteiger charge is -2.43. The van der Waals surface area contributed by atoms with Gasteiger partial charge in [-0.1, -0.05) is 49.3 Å². The molecule has 11 atom stereocenters. The Morgan fingerprint density at radius 3 is 2.63 bits per heavy atom. The summed E-state index contributed by atoms with van der Waals surface area (Å²) < 4.78 is 6.69. The number of nitrogens with one attached hydrogen (secondary N) is 2. The Morgan fingerprint density at radius 1 is 1.00 bits per heavy atom. The molecule has 2 heterocycles. The summed E-state index contributed by atoms with van der Waals surface area (Å²) in [6.45, 7) is 2.77. The largest absolute Gasteiger partial charge is 0.504 e. The molecule has 5 aliphatic rings. The first kappa shape index (κ1) is 35.7. The van der Waals surface area contributed by atoms with E-state index in [1.807, 2.05) is 30.5 Å². The number of H-pyrrole nitrogens is 1. The summed E-state index contributed by atoms with van der Waals surface area (Å²) in [5.74, 6) is 7.19. The van der Waals surface area contributed by atoms with E-state index in [1.165, 1.54) is 5.57 Å². The van der Waals surface area contributed by atoms with E-state index in [-0.39, 0.29) is 41.1 Å². The molecular weight excluding hydrogens is 642 g/mol. The predicted molar refractivity (Wildman–Crippen MR) is 196 cm³/mol. The van der Waals surface area contributed by atoms with E-state index in [0.29, 0.717) is 50.4 Å². The van der Waals surface area contributed by atoms with Crippen molar-refractivity contribution in [2.75, 3.05) is 6.54 Å². The number of phenolic OH excluding ortho intramolecular Hbond substituents is 1. The van der Waals surface area contributed by atoms with Gasteiger partial charge in [-0.3, -0.25) is 0 Å². The van der Waals surface area contributed by atoms with E-state index >= 15 is 0 Å². The first-order valence-electron chi connectivity index (χ1n) is 19.2. The summed E-state index contributed by atoms with van der Waals surface area (Å²) in [6, 6.07) is 7.67. The highest BCUT2D eigenvalue weighted by Gasteiger charge is 2.45. The molecule has 1 aliphatic heterocycles. The molecule has 9 heteroatoms. The van der Waals surface area contributed by atoms with Gasteiger partial charge in [0.05, 0.1) is 24.1 Å². The zero-order chi connectivity index (χ0) is 35.6. The van der Waals surface area contributed by atoms with E-state index in [1.54, 1.807) is 6.07 Å². The molecule has 1 aromatic carbocycles. The smallest absolute Gasteiger partial charge is 0.161 e. The van der Waals surface area contributed by atoms with Gasteiger partial charge < -0.3 is 46.3 Å². The van der Waals surface area contributed by atoms with E-state index in [2.05, 4.69) is 41.2 Å². The summed E-state index contributed by atoms with van der Waals surface area (Å²) in [5.41, 5.74) is 11.5. The molecule has 9 N–H and O–H groups in total. The standard InChI is InChI=1S/C42H55N3O6/c1-2-24-6-3-4-8-34(46)40-28(10-9-24)18-25-11-12-26-19-36(48)38(23-33(26)32(25)22-37(40)49)51-42-30(13-14-35(47)41(42)50)31(21-29-7-5-16-44-29)27-15-17-45-39(43)20-27/h5,7,15-16,18-20,23-24,28,30-32,34-35,37,40-42,44-50H,2-4,6,8,11-14,17,21-22,43H2,1H3. The van der Waals surface area contributed by atoms with Gasteiger partial charge in [0.1, 0.15) is 12.2 Å². The topological polar surface area (TPSA) is 164 Å². The van der Waals surface area contributed by atoms with Gasteiger partial charge in [-0.05, 0) is 111 Å². The summed E-state index contributed by atoms with van der Waals surface area (Å²) in [6.07, 6.45) is 12.2. The van der Waals surface area contributed by atoms with Crippen LogP contribution in [0.5, 0.6) is 11.5 Å². The van der Waals surface area contributed by atoms with E-state index < -0.39 is 30.5 Å². The summed E-state index contributed by atoms with van der Waals surface area (Å²) >= 11 is 0. The number of aryl methyl sites for hydroxylation is 1. The fraction of sp³-hybridized carbons (Fsp3) is 0.571. The average molecular weight is 698 g/mol. The number of aromatic amines is 1. The average Bonchev–Trinajstić information content (AvgIpc) is 3.58. The minimum Gasteiger partial charge on any atom is -0.504 e. The van der Waals surface area contributed by atoms with Crippen molar-refractivity contribution in [3.05, 3.63) is 82.5 Å². The molecule has 274 valence electrons. The van der Waals surface area contributed by atoms with Crippen LogP contribution in [0.1, 0.15) is 87.4 Å². The number of allylic oxidation sites excluding steroid dienone is 4. The van der Waals surface area contributed by atoms with Gasteiger partial charge in [-0.15, -0.1) is 0 Å². The SMILES string of the molecule is CCC1C#CC2C=C3CCc4cc(O)c(OC5C(O)C(O)CCC5C(Cc5ccc[nH]5)C5=CCNC(N)=C5)cc4C3CC(O)C2C(O)CCCC1. The Bertz CT molecular complexity index is 1690. The Kier molecular flexibility index (Phi) is 10.9. The minimum atomic E-state index is -1.17. The highest BCUT2D eigenvalue weighted by Crippen LogP contribution is 2.49. The maximum Gasteiger partial charge on any atom is 0.161 e. The number of hydrogen-bond acceptors (Lipinski definition) is 8. The predicted octanol–water partition coefficient (Wildman–Crippen LogP) is 4.71. The molecule has 9 nitrogen and oxygen atoms in total. The van der Waals surface area contributed by atoms with Crippen molar-refractivity contribution in [2.24, 2.45) is 35.3 Å². The zero-order valence-electron chi connectivity index (χ0n) is 29.7. The Morgan fingerprint density at radius 2 is 1.84 bits per heavy atom. The molecule has 1 saturated carbocycles. The Hall–Kier alpha value is -3.68. The molecule has 1 aromatic heterocycles. The molecule has 0 radical (unpaired) electrons. The number of benzene rings is 1. The maximum atomic E-state index is 11.8. The Labute approximate surface area is 301 Å². The van der Waals surface area contributed by atoms with Gasteiger partial charge in [-0.25, -0.2) is 0 Å². The molecule has 4 aliphatic carbocycles. The van der Waals surface area contributed by atoms with Crippen LogP contribution >= 0.6 is 0 Å². The van der Waals surface area contributed by atoms with Gasteiger partial charge in [0.25, 0.3) is 0 Å². The molecule has 11 unspecified atom stereocenters. The van der Waals surface area contributed by atoms with Crippen LogP contribution in [0.4, 0.5) is 0 Å². The number of nitrogens with two attached hydrogens (primary N) is 1. The van der Waals surface area contributed by atoms with Crippen molar-refractivity contribution in [3.63, 3.8) is 0 Å². The van der Waals surface area contributed by atoms with Crippen molar-refractivity contribution >= 4 is 0 Å². The first-order chi connectivity index (χ1) is 24.7. The van der Waals surface area contributed by atoms with Crippen LogP contribution in [0.2, 0.25) is 0 Å². The van der Waals surface area contributed by atoms with Crippen molar-refractivity contribution in [2.45, 2.75) is 114 Å². The number of ether oxygens (including phenoxy) is 1. The lowest BCUT2D eigenvalue weighted by atomic mass is 9.70. The van der Waals surface area contributed by atoms with Crippen molar-refractivity contribution in [1.82, 2.24) is 10.3 Å². The number of fused-ring (bicyclic) bond motifs is 4. The minimum absolute atomic E-state index is 0.00598. The number of hydrogen-bond donors (Lipinski definition) is 8. The Balaban J connectivity index is 1.22. The zero-order valence-corrected chi connectivity index (χ0v) is 29.7. The third-order valence-electron chi connectivity index (χ3n) is 12.4. The van der Waals surface area contributed by atoms with Gasteiger partial charge in [0.2, 0.25) is 0 Å². The first-order valence-corrected chi connectivity index (χ1v) is 19.2. The van der Waals surface area contributed by atoms with Crippen molar-refractivity contribution in [3.8, 4) is 23.3 Å².